The Morgan fingerprint density at radius 1 is 1.19 bits per heavy atom. The molecule has 2 rings (SSSR count). The van der Waals surface area contributed by atoms with Crippen LogP contribution in [0.4, 0.5) is 0 Å². The van der Waals surface area contributed by atoms with Gasteiger partial charge >= 0.3 is 0 Å². The van der Waals surface area contributed by atoms with Gasteiger partial charge in [-0.15, -0.1) is 0 Å². The lowest BCUT2D eigenvalue weighted by Crippen LogP contribution is -2.42. The second-order valence-electron chi connectivity index (χ2n) is 4.70. The largest absolute Gasteiger partial charge is 0.377 e. The highest BCUT2D eigenvalue weighted by molar-refractivity contribution is 4.91. The molecule has 0 spiro atoms. The average molecular weight is 228 g/mol. The van der Waals surface area contributed by atoms with Gasteiger partial charge in [-0.1, -0.05) is 0 Å². The lowest BCUT2D eigenvalue weighted by Gasteiger charge is -2.31. The summed E-state index contributed by atoms with van der Waals surface area (Å²) in [6.07, 6.45) is 3.05. The number of methoxy groups -OCH3 is 1. The minimum atomic E-state index is 0.259. The third-order valence-corrected chi connectivity index (χ3v) is 3.75. The molecule has 0 bridgehead atoms. The van der Waals surface area contributed by atoms with E-state index in [2.05, 4.69) is 17.1 Å². The highest BCUT2D eigenvalue weighted by Crippen LogP contribution is 2.22. The van der Waals surface area contributed by atoms with Crippen molar-refractivity contribution in [2.75, 3.05) is 39.9 Å². The molecule has 4 heteroatoms. The maximum atomic E-state index is 5.75. The quantitative estimate of drug-likeness (QED) is 0.758. The lowest BCUT2D eigenvalue weighted by molar-refractivity contribution is -0.0233. The highest BCUT2D eigenvalue weighted by atomic mass is 16.5. The molecule has 2 atom stereocenters. The van der Waals surface area contributed by atoms with Crippen LogP contribution in [0.3, 0.4) is 0 Å². The number of piperidine rings is 1. The van der Waals surface area contributed by atoms with E-state index < -0.39 is 0 Å². The summed E-state index contributed by atoms with van der Waals surface area (Å²) < 4.78 is 11.3. The predicted molar refractivity (Wildman–Crippen MR) is 63.7 cm³/mol. The van der Waals surface area contributed by atoms with Crippen molar-refractivity contribution in [2.45, 2.75) is 38.0 Å². The van der Waals surface area contributed by atoms with E-state index in [1.165, 1.54) is 12.8 Å². The van der Waals surface area contributed by atoms with Crippen LogP contribution < -0.4 is 5.32 Å². The molecular formula is C12H24N2O2. The SMILES string of the molecule is CCO[C@H]1CN(C2CCNCC2)C[C@@H]1OC. The van der Waals surface area contributed by atoms with Gasteiger partial charge in [-0.25, -0.2) is 0 Å². The minimum absolute atomic E-state index is 0.259. The van der Waals surface area contributed by atoms with Crippen LogP contribution in [0.25, 0.3) is 0 Å². The molecule has 0 aromatic carbocycles. The third kappa shape index (κ3) is 2.74. The molecule has 2 saturated heterocycles. The van der Waals surface area contributed by atoms with E-state index in [9.17, 15) is 0 Å². The Morgan fingerprint density at radius 3 is 2.50 bits per heavy atom. The zero-order chi connectivity index (χ0) is 11.4. The van der Waals surface area contributed by atoms with Gasteiger partial charge in [0.2, 0.25) is 0 Å². The fourth-order valence-electron chi connectivity index (χ4n) is 2.84. The van der Waals surface area contributed by atoms with Crippen molar-refractivity contribution in [3.05, 3.63) is 0 Å². The van der Waals surface area contributed by atoms with E-state index in [1.54, 1.807) is 7.11 Å². The summed E-state index contributed by atoms with van der Waals surface area (Å²) in [5, 5.41) is 3.41. The molecule has 0 amide bonds. The van der Waals surface area contributed by atoms with Crippen LogP contribution in [0.5, 0.6) is 0 Å². The molecule has 94 valence electrons. The first-order valence-electron chi connectivity index (χ1n) is 6.44. The van der Waals surface area contributed by atoms with Gasteiger partial charge in [0.1, 0.15) is 0 Å². The maximum Gasteiger partial charge on any atom is 0.0975 e. The first-order chi connectivity index (χ1) is 7.85. The topological polar surface area (TPSA) is 33.7 Å². The Hall–Kier alpha value is -0.160. The van der Waals surface area contributed by atoms with Crippen LogP contribution in [0, 0.1) is 0 Å². The Bertz CT molecular complexity index is 207. The van der Waals surface area contributed by atoms with Crippen LogP contribution in [0.1, 0.15) is 19.8 Å². The van der Waals surface area contributed by atoms with Gasteiger partial charge in [0, 0.05) is 32.8 Å². The summed E-state index contributed by atoms with van der Waals surface area (Å²) in [5.74, 6) is 0. The third-order valence-electron chi connectivity index (χ3n) is 3.75. The van der Waals surface area contributed by atoms with Crippen molar-refractivity contribution in [1.29, 1.82) is 0 Å². The molecule has 2 aliphatic heterocycles. The van der Waals surface area contributed by atoms with Crippen LogP contribution in [0.15, 0.2) is 0 Å². The minimum Gasteiger partial charge on any atom is -0.377 e. The molecule has 0 saturated carbocycles. The number of nitrogens with one attached hydrogen (secondary N) is 1. The van der Waals surface area contributed by atoms with E-state index in [0.717, 1.165) is 38.8 Å². The van der Waals surface area contributed by atoms with Gasteiger partial charge in [0.25, 0.3) is 0 Å². The van der Waals surface area contributed by atoms with Crippen molar-refractivity contribution >= 4 is 0 Å². The van der Waals surface area contributed by atoms with Crippen molar-refractivity contribution < 1.29 is 9.47 Å². The summed E-state index contributed by atoms with van der Waals surface area (Å²) in [4.78, 5) is 2.55. The van der Waals surface area contributed by atoms with E-state index >= 15 is 0 Å². The molecule has 0 aromatic heterocycles. The van der Waals surface area contributed by atoms with E-state index in [1.807, 2.05) is 0 Å². The van der Waals surface area contributed by atoms with Gasteiger partial charge in [-0.05, 0) is 32.9 Å². The maximum absolute atomic E-state index is 5.75. The number of hydrogen-bond donors (Lipinski definition) is 1. The fourth-order valence-corrected chi connectivity index (χ4v) is 2.84. The molecule has 0 aliphatic carbocycles. The molecule has 4 nitrogen and oxygen atoms in total. The molecule has 2 fully saturated rings. The summed E-state index contributed by atoms with van der Waals surface area (Å²) in [7, 11) is 1.79. The molecule has 2 heterocycles. The predicted octanol–water partition coefficient (Wildman–Crippen LogP) is 0.474. The van der Waals surface area contributed by atoms with Gasteiger partial charge in [0.15, 0.2) is 0 Å². The zero-order valence-corrected chi connectivity index (χ0v) is 10.4. The second kappa shape index (κ2) is 5.96. The first-order valence-corrected chi connectivity index (χ1v) is 6.44. The number of nitrogens with zero attached hydrogens (tertiary/aromatic N) is 1. The van der Waals surface area contributed by atoms with E-state index in [4.69, 9.17) is 9.47 Å². The number of rotatable bonds is 4. The molecular weight excluding hydrogens is 204 g/mol. The smallest absolute Gasteiger partial charge is 0.0975 e. The summed E-state index contributed by atoms with van der Waals surface area (Å²) in [6, 6.07) is 0.726. The summed E-state index contributed by atoms with van der Waals surface area (Å²) >= 11 is 0. The standard InChI is InChI=1S/C12H24N2O2/c1-3-16-12-9-14(8-11(12)15-2)10-4-6-13-7-5-10/h10-13H,3-9H2,1-2H3/t11-,12-/m0/s1. The first kappa shape index (κ1) is 12.3. The van der Waals surface area contributed by atoms with Gasteiger partial charge < -0.3 is 14.8 Å². The second-order valence-corrected chi connectivity index (χ2v) is 4.70. The molecule has 16 heavy (non-hydrogen) atoms. The van der Waals surface area contributed by atoms with E-state index in [-0.39, 0.29) is 12.2 Å². The summed E-state index contributed by atoms with van der Waals surface area (Å²) in [6.45, 7) is 7.21. The van der Waals surface area contributed by atoms with Gasteiger partial charge in [-0.2, -0.15) is 0 Å². The zero-order valence-electron chi connectivity index (χ0n) is 10.4. The van der Waals surface area contributed by atoms with Gasteiger partial charge in [-0.3, -0.25) is 4.90 Å². The molecule has 0 unspecified atom stereocenters. The van der Waals surface area contributed by atoms with Crippen molar-refractivity contribution in [3.8, 4) is 0 Å². The van der Waals surface area contributed by atoms with Crippen LogP contribution in [-0.2, 0) is 9.47 Å². The monoisotopic (exact) mass is 228 g/mol. The normalized spacial score (nSPS) is 33.4. The number of ether oxygens (including phenoxy) is 2. The number of likely N-dealkylation sites (tertiary alicyclic amines) is 1. The van der Waals surface area contributed by atoms with Crippen molar-refractivity contribution in [1.82, 2.24) is 10.2 Å². The Morgan fingerprint density at radius 2 is 1.88 bits per heavy atom. The molecule has 2 aliphatic rings. The summed E-state index contributed by atoms with van der Waals surface area (Å²) in [5.41, 5.74) is 0. The highest BCUT2D eigenvalue weighted by Gasteiger charge is 2.36. The lowest BCUT2D eigenvalue weighted by atomic mass is 10.1. The van der Waals surface area contributed by atoms with Crippen LogP contribution in [0.2, 0.25) is 0 Å². The fraction of sp³-hybridized carbons (Fsp3) is 1.00. The Balaban J connectivity index is 1.87. The Kier molecular flexibility index (Phi) is 4.58. The molecule has 1 N–H and O–H groups in total. The number of hydrogen-bond acceptors (Lipinski definition) is 4. The van der Waals surface area contributed by atoms with E-state index in [0.29, 0.717) is 0 Å². The molecule has 0 aromatic rings. The Labute approximate surface area is 98.3 Å². The average Bonchev–Trinajstić information content (AvgIpc) is 2.74. The van der Waals surface area contributed by atoms with Crippen molar-refractivity contribution in [3.63, 3.8) is 0 Å². The van der Waals surface area contributed by atoms with Crippen LogP contribution >= 0.6 is 0 Å². The molecule has 0 radical (unpaired) electrons. The van der Waals surface area contributed by atoms with Crippen molar-refractivity contribution in [2.24, 2.45) is 0 Å². The van der Waals surface area contributed by atoms with Crippen LogP contribution in [-0.4, -0.2) is 63.0 Å². The van der Waals surface area contributed by atoms with Gasteiger partial charge in [0.05, 0.1) is 12.2 Å².